The van der Waals surface area contributed by atoms with Crippen LogP contribution < -0.4 is 15.0 Å². The predicted octanol–water partition coefficient (Wildman–Crippen LogP) is 1.41. The molecule has 2 fully saturated rings. The zero-order valence-electron chi connectivity index (χ0n) is 15.3. The van der Waals surface area contributed by atoms with Crippen molar-refractivity contribution < 1.29 is 9.53 Å². The summed E-state index contributed by atoms with van der Waals surface area (Å²) in [6.07, 6.45) is 2.40. The molecule has 138 valence electrons. The fourth-order valence-corrected chi connectivity index (χ4v) is 3.50. The minimum atomic E-state index is 0.0518. The number of ether oxygens (including phenoxy) is 1. The van der Waals surface area contributed by atoms with Gasteiger partial charge in [-0.05, 0) is 39.4 Å². The van der Waals surface area contributed by atoms with Gasteiger partial charge in [-0.3, -0.25) is 0 Å². The average Bonchev–Trinajstić information content (AvgIpc) is 3.05. The van der Waals surface area contributed by atoms with E-state index in [1.807, 2.05) is 30.0 Å². The second-order valence-electron chi connectivity index (χ2n) is 6.70. The van der Waals surface area contributed by atoms with Gasteiger partial charge in [0.25, 0.3) is 0 Å². The molecular formula is C18H29N5O2. The van der Waals surface area contributed by atoms with Gasteiger partial charge in [0.1, 0.15) is 5.82 Å². The number of likely N-dealkylation sites (N-methyl/N-ethyl adjacent to an activating group) is 1. The number of piperazine rings is 1. The summed E-state index contributed by atoms with van der Waals surface area (Å²) in [6.45, 7) is 7.45. The molecule has 25 heavy (non-hydrogen) atoms. The van der Waals surface area contributed by atoms with E-state index >= 15 is 0 Å². The maximum atomic E-state index is 12.4. The van der Waals surface area contributed by atoms with Crippen molar-refractivity contribution in [3.8, 4) is 5.88 Å². The lowest BCUT2D eigenvalue weighted by Crippen LogP contribution is -2.53. The molecule has 0 aliphatic carbocycles. The van der Waals surface area contributed by atoms with Gasteiger partial charge >= 0.3 is 6.03 Å². The van der Waals surface area contributed by atoms with Crippen LogP contribution in [0.25, 0.3) is 0 Å². The van der Waals surface area contributed by atoms with Gasteiger partial charge in [0.2, 0.25) is 5.88 Å². The molecule has 1 unspecified atom stereocenters. The highest BCUT2D eigenvalue weighted by molar-refractivity contribution is 5.74. The van der Waals surface area contributed by atoms with Gasteiger partial charge < -0.3 is 24.8 Å². The van der Waals surface area contributed by atoms with E-state index < -0.39 is 0 Å². The van der Waals surface area contributed by atoms with Gasteiger partial charge in [0.15, 0.2) is 0 Å². The van der Waals surface area contributed by atoms with Crippen LogP contribution in [0, 0.1) is 0 Å². The number of carbonyl (C=O) groups is 1. The van der Waals surface area contributed by atoms with Gasteiger partial charge in [0.05, 0.1) is 6.61 Å². The average molecular weight is 347 g/mol. The number of urea groups is 1. The largest absolute Gasteiger partial charge is 0.478 e. The van der Waals surface area contributed by atoms with Crippen LogP contribution >= 0.6 is 0 Å². The molecule has 1 atom stereocenters. The Hall–Kier alpha value is -2.02. The summed E-state index contributed by atoms with van der Waals surface area (Å²) in [5.41, 5.74) is 0. The molecule has 2 aliphatic heterocycles. The van der Waals surface area contributed by atoms with E-state index in [2.05, 4.69) is 27.1 Å². The number of rotatable bonds is 5. The van der Waals surface area contributed by atoms with E-state index in [-0.39, 0.29) is 6.03 Å². The molecule has 0 bridgehead atoms. The van der Waals surface area contributed by atoms with Gasteiger partial charge in [-0.15, -0.1) is 0 Å². The minimum Gasteiger partial charge on any atom is -0.478 e. The minimum absolute atomic E-state index is 0.0518. The number of anilines is 1. The molecule has 0 saturated carbocycles. The van der Waals surface area contributed by atoms with Crippen LogP contribution in [-0.4, -0.2) is 79.8 Å². The Kier molecular flexibility index (Phi) is 5.96. The van der Waals surface area contributed by atoms with Crippen LogP contribution in [0.15, 0.2) is 18.2 Å². The predicted molar refractivity (Wildman–Crippen MR) is 98.2 cm³/mol. The summed E-state index contributed by atoms with van der Waals surface area (Å²) < 4.78 is 5.47. The zero-order chi connectivity index (χ0) is 17.6. The zero-order valence-corrected chi connectivity index (χ0v) is 15.3. The maximum absolute atomic E-state index is 12.4. The number of amides is 2. The third-order valence-corrected chi connectivity index (χ3v) is 5.05. The van der Waals surface area contributed by atoms with E-state index in [9.17, 15) is 4.79 Å². The number of likely N-dealkylation sites (tertiary alicyclic amines) is 1. The number of aromatic nitrogens is 1. The van der Waals surface area contributed by atoms with Crippen LogP contribution in [0.2, 0.25) is 0 Å². The maximum Gasteiger partial charge on any atom is 0.317 e. The van der Waals surface area contributed by atoms with Crippen molar-refractivity contribution in [1.29, 1.82) is 0 Å². The normalized spacial score (nSPS) is 21.4. The van der Waals surface area contributed by atoms with E-state index in [4.69, 9.17) is 4.74 Å². The lowest BCUT2D eigenvalue weighted by molar-refractivity contribution is 0.190. The smallest absolute Gasteiger partial charge is 0.317 e. The van der Waals surface area contributed by atoms with E-state index in [1.54, 1.807) is 0 Å². The Morgan fingerprint density at radius 3 is 2.76 bits per heavy atom. The Morgan fingerprint density at radius 1 is 1.28 bits per heavy atom. The lowest BCUT2D eigenvalue weighted by atomic mass is 10.2. The molecule has 7 heteroatoms. The molecule has 0 spiro atoms. The second kappa shape index (κ2) is 8.38. The fraction of sp³-hybridized carbons (Fsp3) is 0.667. The quantitative estimate of drug-likeness (QED) is 0.873. The van der Waals surface area contributed by atoms with Crippen LogP contribution in [0.5, 0.6) is 5.88 Å². The summed E-state index contributed by atoms with van der Waals surface area (Å²) in [4.78, 5) is 23.4. The van der Waals surface area contributed by atoms with Crippen molar-refractivity contribution in [3.05, 3.63) is 18.2 Å². The molecule has 3 rings (SSSR count). The fourth-order valence-electron chi connectivity index (χ4n) is 3.50. The van der Waals surface area contributed by atoms with E-state index in [1.165, 1.54) is 12.8 Å². The first kappa shape index (κ1) is 17.8. The van der Waals surface area contributed by atoms with Gasteiger partial charge in [0, 0.05) is 44.8 Å². The first-order valence-corrected chi connectivity index (χ1v) is 9.25. The van der Waals surface area contributed by atoms with Crippen molar-refractivity contribution in [1.82, 2.24) is 20.1 Å². The number of pyridine rings is 1. The molecule has 2 saturated heterocycles. The third-order valence-electron chi connectivity index (χ3n) is 5.05. The third kappa shape index (κ3) is 4.54. The van der Waals surface area contributed by atoms with Crippen molar-refractivity contribution in [2.45, 2.75) is 25.8 Å². The monoisotopic (exact) mass is 347 g/mol. The number of hydrogen-bond donors (Lipinski definition) is 1. The van der Waals surface area contributed by atoms with Crippen LogP contribution in [0.1, 0.15) is 19.8 Å². The van der Waals surface area contributed by atoms with Gasteiger partial charge in [-0.25, -0.2) is 4.79 Å². The number of nitrogens with zero attached hydrogens (tertiary/aromatic N) is 4. The summed E-state index contributed by atoms with van der Waals surface area (Å²) in [6, 6.07) is 6.36. The molecule has 7 nitrogen and oxygen atoms in total. The molecule has 3 heterocycles. The molecule has 1 aromatic heterocycles. The summed E-state index contributed by atoms with van der Waals surface area (Å²) in [5, 5.41) is 3.10. The van der Waals surface area contributed by atoms with Crippen molar-refractivity contribution in [2.75, 3.05) is 57.8 Å². The Bertz CT molecular complexity index is 574. The van der Waals surface area contributed by atoms with Crippen LogP contribution in [-0.2, 0) is 0 Å². The van der Waals surface area contributed by atoms with Crippen LogP contribution in [0.4, 0.5) is 10.6 Å². The highest BCUT2D eigenvalue weighted by atomic mass is 16.5. The lowest BCUT2D eigenvalue weighted by Gasteiger charge is -2.35. The number of carbonyl (C=O) groups excluding carboxylic acids is 1. The molecule has 2 amide bonds. The first-order chi connectivity index (χ1) is 12.2. The number of nitrogens with one attached hydrogen (secondary N) is 1. The van der Waals surface area contributed by atoms with Crippen molar-refractivity contribution in [3.63, 3.8) is 0 Å². The molecule has 1 N–H and O–H groups in total. The van der Waals surface area contributed by atoms with E-state index in [0.29, 0.717) is 31.6 Å². The Balaban J connectivity index is 1.46. The van der Waals surface area contributed by atoms with Crippen molar-refractivity contribution >= 4 is 11.8 Å². The SMILES string of the molecule is CCOc1cccc(N2CCN(C(=O)NCC3CCCN3C)CC2)n1. The number of hydrogen-bond acceptors (Lipinski definition) is 5. The summed E-state index contributed by atoms with van der Waals surface area (Å²) >= 11 is 0. The standard InChI is InChI=1S/C18H29N5O2/c1-3-25-17-8-4-7-16(20-17)22-10-12-23(13-11-22)18(24)19-14-15-6-5-9-21(15)2/h4,7-8,15H,3,5-6,9-14H2,1-2H3,(H,19,24). The van der Waals surface area contributed by atoms with E-state index in [0.717, 1.165) is 32.0 Å². The van der Waals surface area contributed by atoms with Crippen molar-refractivity contribution in [2.24, 2.45) is 0 Å². The highest BCUT2D eigenvalue weighted by Crippen LogP contribution is 2.18. The highest BCUT2D eigenvalue weighted by Gasteiger charge is 2.25. The van der Waals surface area contributed by atoms with Gasteiger partial charge in [-0.1, -0.05) is 6.07 Å². The summed E-state index contributed by atoms with van der Waals surface area (Å²) in [5.74, 6) is 1.57. The summed E-state index contributed by atoms with van der Waals surface area (Å²) in [7, 11) is 2.13. The Labute approximate surface area is 149 Å². The van der Waals surface area contributed by atoms with Gasteiger partial charge in [-0.2, -0.15) is 4.98 Å². The molecule has 0 aromatic carbocycles. The second-order valence-corrected chi connectivity index (χ2v) is 6.70. The topological polar surface area (TPSA) is 60.9 Å². The first-order valence-electron chi connectivity index (χ1n) is 9.25. The Morgan fingerprint density at radius 2 is 2.08 bits per heavy atom. The van der Waals surface area contributed by atoms with Crippen LogP contribution in [0.3, 0.4) is 0 Å². The molecular weight excluding hydrogens is 318 g/mol. The molecule has 0 radical (unpaired) electrons. The molecule has 2 aliphatic rings. The molecule has 1 aromatic rings.